The maximum Gasteiger partial charge on any atom is 0.110 e. The first kappa shape index (κ1) is 13.2. The van der Waals surface area contributed by atoms with E-state index in [-0.39, 0.29) is 0 Å². The van der Waals surface area contributed by atoms with Crippen LogP contribution in [0.25, 0.3) is 0 Å². The minimum atomic E-state index is 0.322. The lowest BCUT2D eigenvalue weighted by Gasteiger charge is -2.23. The summed E-state index contributed by atoms with van der Waals surface area (Å²) < 4.78 is 5.58. The molecular formula is C16H23NO. The topological polar surface area (TPSA) is 21.3 Å². The Morgan fingerprint density at radius 1 is 1.39 bits per heavy atom. The first-order chi connectivity index (χ1) is 8.66. The third-order valence-electron chi connectivity index (χ3n) is 3.58. The van der Waals surface area contributed by atoms with Crippen molar-refractivity contribution in [3.8, 4) is 0 Å². The number of rotatable bonds is 4. The Kier molecular flexibility index (Phi) is 4.43. The Morgan fingerprint density at radius 2 is 2.22 bits per heavy atom. The van der Waals surface area contributed by atoms with Crippen LogP contribution in [0.4, 0.5) is 0 Å². The SMILES string of the molecule is Cc1ccc(C)c(C(C)NCC2CCC=CO2)c1. The number of nitrogens with one attached hydrogen (secondary N) is 1. The number of aryl methyl sites for hydroxylation is 2. The first-order valence-corrected chi connectivity index (χ1v) is 6.78. The van der Waals surface area contributed by atoms with E-state index in [0.717, 1.165) is 19.4 Å². The van der Waals surface area contributed by atoms with E-state index in [1.807, 2.05) is 6.26 Å². The molecule has 0 aliphatic carbocycles. The van der Waals surface area contributed by atoms with E-state index in [1.54, 1.807) is 0 Å². The lowest BCUT2D eigenvalue weighted by molar-refractivity contribution is 0.120. The highest BCUT2D eigenvalue weighted by molar-refractivity contribution is 5.32. The van der Waals surface area contributed by atoms with Crippen LogP contribution in [0.3, 0.4) is 0 Å². The van der Waals surface area contributed by atoms with E-state index in [9.17, 15) is 0 Å². The molecule has 0 spiro atoms. The van der Waals surface area contributed by atoms with Gasteiger partial charge >= 0.3 is 0 Å². The predicted molar refractivity (Wildman–Crippen MR) is 75.6 cm³/mol. The van der Waals surface area contributed by atoms with Gasteiger partial charge in [0.05, 0.1) is 6.26 Å². The molecule has 0 fully saturated rings. The van der Waals surface area contributed by atoms with E-state index in [4.69, 9.17) is 4.74 Å². The van der Waals surface area contributed by atoms with Crippen molar-refractivity contribution in [3.63, 3.8) is 0 Å². The normalized spacial score (nSPS) is 20.5. The summed E-state index contributed by atoms with van der Waals surface area (Å²) in [5.74, 6) is 0. The van der Waals surface area contributed by atoms with Gasteiger partial charge in [-0.1, -0.05) is 23.8 Å². The van der Waals surface area contributed by atoms with Gasteiger partial charge in [0.1, 0.15) is 6.10 Å². The van der Waals surface area contributed by atoms with Crippen LogP contribution in [0.15, 0.2) is 30.5 Å². The molecule has 0 bridgehead atoms. The van der Waals surface area contributed by atoms with Gasteiger partial charge in [-0.2, -0.15) is 0 Å². The van der Waals surface area contributed by atoms with Crippen molar-refractivity contribution < 1.29 is 4.74 Å². The van der Waals surface area contributed by atoms with Crippen LogP contribution in [-0.4, -0.2) is 12.6 Å². The molecule has 18 heavy (non-hydrogen) atoms. The average Bonchev–Trinajstić information content (AvgIpc) is 2.40. The second-order valence-corrected chi connectivity index (χ2v) is 5.20. The number of hydrogen-bond acceptors (Lipinski definition) is 2. The number of hydrogen-bond donors (Lipinski definition) is 1. The second-order valence-electron chi connectivity index (χ2n) is 5.20. The zero-order chi connectivity index (χ0) is 13.0. The largest absolute Gasteiger partial charge is 0.497 e. The van der Waals surface area contributed by atoms with Crippen molar-refractivity contribution in [2.45, 2.75) is 45.8 Å². The quantitative estimate of drug-likeness (QED) is 0.874. The summed E-state index contributed by atoms with van der Waals surface area (Å²) in [5, 5.41) is 3.58. The van der Waals surface area contributed by atoms with Crippen LogP contribution in [-0.2, 0) is 4.74 Å². The standard InChI is InChI=1S/C16H23NO/c1-12-7-8-13(2)16(10-12)14(3)17-11-15-6-4-5-9-18-15/h5,7-10,14-15,17H,4,6,11H2,1-3H3. The van der Waals surface area contributed by atoms with Crippen molar-refractivity contribution in [3.05, 3.63) is 47.2 Å². The van der Waals surface area contributed by atoms with Crippen LogP contribution in [0.1, 0.15) is 42.5 Å². The van der Waals surface area contributed by atoms with Crippen molar-refractivity contribution in [1.29, 1.82) is 0 Å². The molecule has 98 valence electrons. The average molecular weight is 245 g/mol. The second kappa shape index (κ2) is 6.05. The van der Waals surface area contributed by atoms with Crippen LogP contribution >= 0.6 is 0 Å². The van der Waals surface area contributed by atoms with Crippen molar-refractivity contribution in [2.24, 2.45) is 0 Å². The van der Waals surface area contributed by atoms with Gasteiger partial charge in [0.15, 0.2) is 0 Å². The number of benzene rings is 1. The molecule has 0 saturated carbocycles. The van der Waals surface area contributed by atoms with Crippen LogP contribution in [0.5, 0.6) is 0 Å². The van der Waals surface area contributed by atoms with Gasteiger partial charge in [0.25, 0.3) is 0 Å². The summed E-state index contributed by atoms with van der Waals surface area (Å²) in [6.45, 7) is 7.46. The van der Waals surface area contributed by atoms with Crippen molar-refractivity contribution in [2.75, 3.05) is 6.54 Å². The van der Waals surface area contributed by atoms with Gasteiger partial charge in [0.2, 0.25) is 0 Å². The lowest BCUT2D eigenvalue weighted by atomic mass is 10.00. The molecule has 0 radical (unpaired) electrons. The molecule has 1 N–H and O–H groups in total. The molecule has 0 amide bonds. The minimum Gasteiger partial charge on any atom is -0.497 e. The van der Waals surface area contributed by atoms with Crippen LogP contribution < -0.4 is 5.32 Å². The molecule has 2 heteroatoms. The third kappa shape index (κ3) is 3.36. The van der Waals surface area contributed by atoms with Gasteiger partial charge in [0, 0.05) is 12.6 Å². The first-order valence-electron chi connectivity index (χ1n) is 6.78. The van der Waals surface area contributed by atoms with Gasteiger partial charge in [-0.25, -0.2) is 0 Å². The Balaban J connectivity index is 1.92. The van der Waals surface area contributed by atoms with Crippen molar-refractivity contribution >= 4 is 0 Å². The Hall–Kier alpha value is -1.28. The maximum atomic E-state index is 5.58. The van der Waals surface area contributed by atoms with Gasteiger partial charge in [-0.15, -0.1) is 0 Å². The molecule has 1 aromatic rings. The van der Waals surface area contributed by atoms with E-state index < -0.39 is 0 Å². The van der Waals surface area contributed by atoms with E-state index >= 15 is 0 Å². The van der Waals surface area contributed by atoms with Gasteiger partial charge in [-0.3, -0.25) is 0 Å². The van der Waals surface area contributed by atoms with Gasteiger partial charge in [-0.05, 0) is 50.8 Å². The molecule has 2 nitrogen and oxygen atoms in total. The molecule has 1 aliphatic heterocycles. The maximum absolute atomic E-state index is 5.58. The molecule has 1 aliphatic rings. The zero-order valence-electron chi connectivity index (χ0n) is 11.6. The molecule has 0 aromatic heterocycles. The molecule has 2 rings (SSSR count). The zero-order valence-corrected chi connectivity index (χ0v) is 11.6. The third-order valence-corrected chi connectivity index (χ3v) is 3.58. The Labute approximate surface area is 110 Å². The molecule has 1 heterocycles. The monoisotopic (exact) mass is 245 g/mol. The van der Waals surface area contributed by atoms with E-state index in [0.29, 0.717) is 12.1 Å². The number of ether oxygens (including phenoxy) is 1. The fourth-order valence-electron chi connectivity index (χ4n) is 2.38. The molecule has 2 unspecified atom stereocenters. The fraction of sp³-hybridized carbons (Fsp3) is 0.500. The smallest absolute Gasteiger partial charge is 0.110 e. The summed E-state index contributed by atoms with van der Waals surface area (Å²) in [4.78, 5) is 0. The Morgan fingerprint density at radius 3 is 2.94 bits per heavy atom. The molecule has 2 atom stereocenters. The van der Waals surface area contributed by atoms with E-state index in [1.165, 1.54) is 16.7 Å². The predicted octanol–water partition coefficient (Wildman–Crippen LogP) is 3.65. The summed E-state index contributed by atoms with van der Waals surface area (Å²) in [7, 11) is 0. The summed E-state index contributed by atoms with van der Waals surface area (Å²) >= 11 is 0. The van der Waals surface area contributed by atoms with Crippen LogP contribution in [0.2, 0.25) is 0 Å². The summed E-state index contributed by atoms with van der Waals surface area (Å²) in [6.07, 6.45) is 6.48. The highest BCUT2D eigenvalue weighted by Crippen LogP contribution is 2.19. The number of allylic oxidation sites excluding steroid dienone is 1. The highest BCUT2D eigenvalue weighted by Gasteiger charge is 2.14. The fourth-order valence-corrected chi connectivity index (χ4v) is 2.38. The molecular weight excluding hydrogens is 222 g/mol. The molecule has 0 saturated heterocycles. The van der Waals surface area contributed by atoms with Crippen molar-refractivity contribution in [1.82, 2.24) is 5.32 Å². The van der Waals surface area contributed by atoms with Gasteiger partial charge < -0.3 is 10.1 Å². The minimum absolute atomic E-state index is 0.322. The Bertz CT molecular complexity index is 425. The lowest BCUT2D eigenvalue weighted by Crippen LogP contribution is -2.31. The van der Waals surface area contributed by atoms with Crippen LogP contribution in [0, 0.1) is 13.8 Å². The summed E-state index contributed by atoms with van der Waals surface area (Å²) in [6, 6.07) is 7.01. The molecule has 1 aromatic carbocycles. The highest BCUT2D eigenvalue weighted by atomic mass is 16.5. The summed E-state index contributed by atoms with van der Waals surface area (Å²) in [5.41, 5.74) is 4.06. The van der Waals surface area contributed by atoms with E-state index in [2.05, 4.69) is 50.4 Å².